The van der Waals surface area contributed by atoms with E-state index in [-0.39, 0.29) is 0 Å². The van der Waals surface area contributed by atoms with Crippen molar-refractivity contribution in [1.29, 1.82) is 0 Å². The molecule has 0 spiro atoms. The third kappa shape index (κ3) is 5.19. The Labute approximate surface area is 96.7 Å². The SMILES string of the molecule is COc1ccc(CNCCC(C)(C)C)s1. The average molecular weight is 227 g/mol. The smallest absolute Gasteiger partial charge is 0.173 e. The molecule has 1 heterocycles. The highest BCUT2D eigenvalue weighted by Crippen LogP contribution is 2.23. The summed E-state index contributed by atoms with van der Waals surface area (Å²) >= 11 is 1.71. The predicted molar refractivity (Wildman–Crippen MR) is 66.6 cm³/mol. The van der Waals surface area contributed by atoms with Gasteiger partial charge in [-0.05, 0) is 30.5 Å². The highest BCUT2D eigenvalue weighted by molar-refractivity contribution is 7.13. The van der Waals surface area contributed by atoms with E-state index in [0.717, 1.165) is 18.2 Å². The minimum atomic E-state index is 0.417. The van der Waals surface area contributed by atoms with Gasteiger partial charge in [0, 0.05) is 11.4 Å². The molecule has 0 saturated heterocycles. The number of ether oxygens (including phenoxy) is 1. The molecule has 0 aliphatic heterocycles. The van der Waals surface area contributed by atoms with Gasteiger partial charge >= 0.3 is 0 Å². The van der Waals surface area contributed by atoms with Gasteiger partial charge in [-0.2, -0.15) is 0 Å². The van der Waals surface area contributed by atoms with Gasteiger partial charge in [-0.15, -0.1) is 11.3 Å². The molecule has 3 heteroatoms. The fourth-order valence-electron chi connectivity index (χ4n) is 1.24. The maximum absolute atomic E-state index is 5.15. The second-order valence-corrected chi connectivity index (χ2v) is 6.04. The van der Waals surface area contributed by atoms with Gasteiger partial charge in [-0.3, -0.25) is 0 Å². The first-order valence-corrected chi connectivity index (χ1v) is 6.16. The van der Waals surface area contributed by atoms with E-state index in [9.17, 15) is 0 Å². The minimum absolute atomic E-state index is 0.417. The van der Waals surface area contributed by atoms with Crippen LogP contribution in [-0.4, -0.2) is 13.7 Å². The Morgan fingerprint density at radius 2 is 2.07 bits per heavy atom. The highest BCUT2D eigenvalue weighted by atomic mass is 32.1. The molecular formula is C12H21NOS. The van der Waals surface area contributed by atoms with E-state index in [4.69, 9.17) is 4.74 Å². The number of hydrogen-bond donors (Lipinski definition) is 1. The number of methoxy groups -OCH3 is 1. The standard InChI is InChI=1S/C12H21NOS/c1-12(2,3)7-8-13-9-10-5-6-11(14-4)15-10/h5-6,13H,7-9H2,1-4H3. The Kier molecular flexibility index (Phi) is 4.61. The normalized spacial score (nSPS) is 11.7. The maximum atomic E-state index is 5.15. The second-order valence-electron chi connectivity index (χ2n) is 4.91. The third-order valence-corrected chi connectivity index (χ3v) is 3.24. The maximum Gasteiger partial charge on any atom is 0.173 e. The van der Waals surface area contributed by atoms with Gasteiger partial charge in [0.15, 0.2) is 5.06 Å². The summed E-state index contributed by atoms with van der Waals surface area (Å²) < 4.78 is 5.15. The summed E-state index contributed by atoms with van der Waals surface area (Å²) in [5, 5.41) is 4.44. The first-order chi connectivity index (χ1) is 7.01. The van der Waals surface area contributed by atoms with Crippen LogP contribution >= 0.6 is 11.3 Å². The van der Waals surface area contributed by atoms with Crippen LogP contribution in [0.2, 0.25) is 0 Å². The molecule has 0 saturated carbocycles. The molecule has 0 atom stereocenters. The summed E-state index contributed by atoms with van der Waals surface area (Å²) in [6, 6.07) is 4.14. The summed E-state index contributed by atoms with van der Waals surface area (Å²) in [6.07, 6.45) is 1.20. The fraction of sp³-hybridized carbons (Fsp3) is 0.667. The monoisotopic (exact) mass is 227 g/mol. The molecule has 0 bridgehead atoms. The van der Waals surface area contributed by atoms with Crippen LogP contribution < -0.4 is 10.1 Å². The lowest BCUT2D eigenvalue weighted by Crippen LogP contribution is -2.19. The number of rotatable bonds is 5. The van der Waals surface area contributed by atoms with E-state index in [2.05, 4.69) is 32.2 Å². The van der Waals surface area contributed by atoms with Crippen LogP contribution in [0.4, 0.5) is 0 Å². The Morgan fingerprint density at radius 1 is 1.33 bits per heavy atom. The summed E-state index contributed by atoms with van der Waals surface area (Å²) in [7, 11) is 1.71. The van der Waals surface area contributed by atoms with Crippen molar-refractivity contribution in [3.63, 3.8) is 0 Å². The first kappa shape index (κ1) is 12.5. The summed E-state index contributed by atoms with van der Waals surface area (Å²) in [5.74, 6) is 0. The van der Waals surface area contributed by atoms with Gasteiger partial charge in [-0.25, -0.2) is 0 Å². The number of hydrogen-bond acceptors (Lipinski definition) is 3. The lowest BCUT2D eigenvalue weighted by Gasteiger charge is -2.17. The van der Waals surface area contributed by atoms with Crippen LogP contribution in [-0.2, 0) is 6.54 Å². The van der Waals surface area contributed by atoms with Crippen molar-refractivity contribution in [2.24, 2.45) is 5.41 Å². The zero-order chi connectivity index (χ0) is 11.3. The quantitative estimate of drug-likeness (QED) is 0.779. The van der Waals surface area contributed by atoms with Gasteiger partial charge < -0.3 is 10.1 Å². The van der Waals surface area contributed by atoms with E-state index in [1.807, 2.05) is 6.07 Å². The van der Waals surface area contributed by atoms with Gasteiger partial charge in [0.1, 0.15) is 0 Å². The molecule has 0 fully saturated rings. The van der Waals surface area contributed by atoms with Crippen LogP contribution in [0.1, 0.15) is 32.1 Å². The van der Waals surface area contributed by atoms with Gasteiger partial charge in [0.25, 0.3) is 0 Å². The molecule has 0 unspecified atom stereocenters. The largest absolute Gasteiger partial charge is 0.487 e. The van der Waals surface area contributed by atoms with Crippen molar-refractivity contribution in [3.05, 3.63) is 17.0 Å². The van der Waals surface area contributed by atoms with Crippen molar-refractivity contribution >= 4 is 11.3 Å². The van der Waals surface area contributed by atoms with Gasteiger partial charge in [-0.1, -0.05) is 20.8 Å². The minimum Gasteiger partial charge on any atom is -0.487 e. The molecule has 86 valence electrons. The molecule has 0 aliphatic carbocycles. The molecule has 0 amide bonds. The average Bonchev–Trinajstić information content (AvgIpc) is 2.59. The Bertz CT molecular complexity index is 288. The van der Waals surface area contributed by atoms with Gasteiger partial charge in [0.2, 0.25) is 0 Å². The molecule has 0 aliphatic rings. The van der Waals surface area contributed by atoms with E-state index < -0.39 is 0 Å². The van der Waals surface area contributed by atoms with E-state index in [1.54, 1.807) is 18.4 Å². The van der Waals surface area contributed by atoms with Crippen molar-refractivity contribution < 1.29 is 4.74 Å². The van der Waals surface area contributed by atoms with Crippen molar-refractivity contribution in [1.82, 2.24) is 5.32 Å². The predicted octanol–water partition coefficient (Wildman–Crippen LogP) is 3.28. The van der Waals surface area contributed by atoms with Crippen LogP contribution in [0.5, 0.6) is 5.06 Å². The Balaban J connectivity index is 2.20. The fourth-order valence-corrected chi connectivity index (χ4v) is 2.03. The van der Waals surface area contributed by atoms with Crippen LogP contribution in [0.25, 0.3) is 0 Å². The molecule has 0 aromatic carbocycles. The molecule has 1 aromatic rings. The van der Waals surface area contributed by atoms with Crippen molar-refractivity contribution in [2.45, 2.75) is 33.7 Å². The molecule has 1 aromatic heterocycles. The summed E-state index contributed by atoms with van der Waals surface area (Å²) in [6.45, 7) is 8.82. The molecule has 2 nitrogen and oxygen atoms in total. The van der Waals surface area contributed by atoms with E-state index in [0.29, 0.717) is 5.41 Å². The molecule has 0 radical (unpaired) electrons. The molecule has 1 rings (SSSR count). The van der Waals surface area contributed by atoms with Crippen LogP contribution in [0, 0.1) is 5.41 Å². The van der Waals surface area contributed by atoms with E-state index in [1.165, 1.54) is 11.3 Å². The molecular weight excluding hydrogens is 206 g/mol. The zero-order valence-corrected chi connectivity index (χ0v) is 10.9. The lowest BCUT2D eigenvalue weighted by atomic mass is 9.92. The van der Waals surface area contributed by atoms with E-state index >= 15 is 0 Å². The summed E-state index contributed by atoms with van der Waals surface area (Å²) in [5.41, 5.74) is 0.417. The zero-order valence-electron chi connectivity index (χ0n) is 10.1. The van der Waals surface area contributed by atoms with Crippen LogP contribution in [0.15, 0.2) is 12.1 Å². The second kappa shape index (κ2) is 5.52. The van der Waals surface area contributed by atoms with Gasteiger partial charge in [0.05, 0.1) is 7.11 Å². The lowest BCUT2D eigenvalue weighted by molar-refractivity contribution is 0.367. The number of nitrogens with one attached hydrogen (secondary N) is 1. The number of thiophene rings is 1. The topological polar surface area (TPSA) is 21.3 Å². The van der Waals surface area contributed by atoms with Crippen molar-refractivity contribution in [3.8, 4) is 5.06 Å². The summed E-state index contributed by atoms with van der Waals surface area (Å²) in [4.78, 5) is 1.33. The molecule has 1 N–H and O–H groups in total. The van der Waals surface area contributed by atoms with Crippen molar-refractivity contribution in [2.75, 3.05) is 13.7 Å². The first-order valence-electron chi connectivity index (χ1n) is 5.35. The highest BCUT2D eigenvalue weighted by Gasteiger charge is 2.08. The Hall–Kier alpha value is -0.540. The van der Waals surface area contributed by atoms with Crippen LogP contribution in [0.3, 0.4) is 0 Å². The molecule has 15 heavy (non-hydrogen) atoms. The third-order valence-electron chi connectivity index (χ3n) is 2.19. The Morgan fingerprint density at radius 3 is 2.60 bits per heavy atom.